The van der Waals surface area contributed by atoms with Crippen molar-refractivity contribution in [3.63, 3.8) is 0 Å². The number of benzene rings is 2. The number of amides is 2. The summed E-state index contributed by atoms with van der Waals surface area (Å²) in [6, 6.07) is 17.5. The van der Waals surface area contributed by atoms with Crippen LogP contribution in [0.3, 0.4) is 0 Å². The Labute approximate surface area is 168 Å². The molecular formula is C23H31N3O2. The van der Waals surface area contributed by atoms with Gasteiger partial charge in [0.05, 0.1) is 12.6 Å². The summed E-state index contributed by atoms with van der Waals surface area (Å²) in [7, 11) is 1.78. The predicted molar refractivity (Wildman–Crippen MR) is 114 cm³/mol. The Morgan fingerprint density at radius 3 is 2.25 bits per heavy atom. The van der Waals surface area contributed by atoms with Gasteiger partial charge in [0.15, 0.2) is 0 Å². The number of rotatable bonds is 7. The molecule has 1 atom stereocenters. The molecule has 0 aliphatic rings. The van der Waals surface area contributed by atoms with Gasteiger partial charge in [0, 0.05) is 11.2 Å². The first kappa shape index (κ1) is 21.6. The van der Waals surface area contributed by atoms with Crippen molar-refractivity contribution >= 4 is 17.5 Å². The Hall–Kier alpha value is -2.66. The number of carbonyl (C=O) groups excluding carboxylic acids is 2. The molecule has 0 spiro atoms. The Morgan fingerprint density at radius 2 is 1.61 bits per heavy atom. The Kier molecular flexibility index (Phi) is 7.35. The van der Waals surface area contributed by atoms with E-state index in [2.05, 4.69) is 22.8 Å². The molecule has 0 saturated carbocycles. The molecule has 28 heavy (non-hydrogen) atoms. The first-order valence-electron chi connectivity index (χ1n) is 9.59. The molecule has 0 heterocycles. The molecule has 2 amide bonds. The van der Waals surface area contributed by atoms with Crippen LogP contribution in [0.1, 0.15) is 38.8 Å². The molecule has 0 bridgehead atoms. The summed E-state index contributed by atoms with van der Waals surface area (Å²) in [6.07, 6.45) is 0.746. The Bertz CT molecular complexity index is 797. The third kappa shape index (κ3) is 6.82. The van der Waals surface area contributed by atoms with Crippen LogP contribution >= 0.6 is 0 Å². The fraction of sp³-hybridized carbons (Fsp3) is 0.391. The summed E-state index contributed by atoms with van der Waals surface area (Å²) in [5.74, 6) is -0.231. The van der Waals surface area contributed by atoms with Gasteiger partial charge in [-0.05, 0) is 58.4 Å². The molecule has 150 valence electrons. The summed E-state index contributed by atoms with van der Waals surface area (Å²) in [5.41, 5.74) is 2.76. The van der Waals surface area contributed by atoms with Crippen molar-refractivity contribution < 1.29 is 9.59 Å². The minimum Gasteiger partial charge on any atom is -0.350 e. The van der Waals surface area contributed by atoms with E-state index < -0.39 is 6.04 Å². The second kappa shape index (κ2) is 9.51. The maximum Gasteiger partial charge on any atom is 0.241 e. The van der Waals surface area contributed by atoms with E-state index in [1.165, 1.54) is 5.56 Å². The van der Waals surface area contributed by atoms with Crippen molar-refractivity contribution in [3.8, 4) is 0 Å². The SMILES string of the molecule is CC(C(=O)Nc1ccccc1Cc1ccccc1)N(C)CC(=O)NC(C)(C)C. The molecule has 0 aliphatic heterocycles. The first-order valence-corrected chi connectivity index (χ1v) is 9.59. The molecule has 5 heteroatoms. The molecule has 0 fully saturated rings. The second-order valence-electron chi connectivity index (χ2n) is 8.20. The van der Waals surface area contributed by atoms with Gasteiger partial charge in [0.2, 0.25) is 11.8 Å². The minimum absolute atomic E-state index is 0.0980. The molecule has 2 aromatic rings. The number of nitrogens with one attached hydrogen (secondary N) is 2. The molecule has 2 N–H and O–H groups in total. The van der Waals surface area contributed by atoms with E-state index in [0.29, 0.717) is 0 Å². The lowest BCUT2D eigenvalue weighted by Crippen LogP contribution is -2.49. The van der Waals surface area contributed by atoms with Gasteiger partial charge in [-0.2, -0.15) is 0 Å². The van der Waals surface area contributed by atoms with Gasteiger partial charge in [-0.3, -0.25) is 14.5 Å². The van der Waals surface area contributed by atoms with Crippen LogP contribution < -0.4 is 10.6 Å². The van der Waals surface area contributed by atoms with E-state index in [9.17, 15) is 9.59 Å². The fourth-order valence-electron chi connectivity index (χ4n) is 2.87. The van der Waals surface area contributed by atoms with E-state index in [0.717, 1.165) is 17.7 Å². The summed E-state index contributed by atoms with van der Waals surface area (Å²) < 4.78 is 0. The first-order chi connectivity index (χ1) is 13.2. The standard InChI is InChI=1S/C23H31N3O2/c1-17(26(5)16-21(27)25-23(2,3)4)22(28)24-20-14-10-9-13-19(20)15-18-11-7-6-8-12-18/h6-14,17H,15-16H2,1-5H3,(H,24,28)(H,25,27). The lowest BCUT2D eigenvalue weighted by atomic mass is 10.0. The van der Waals surface area contributed by atoms with Crippen LogP contribution in [0, 0.1) is 0 Å². The Morgan fingerprint density at radius 1 is 1.00 bits per heavy atom. The summed E-state index contributed by atoms with van der Waals surface area (Å²) in [5, 5.41) is 5.94. The average molecular weight is 382 g/mol. The van der Waals surface area contributed by atoms with Gasteiger partial charge >= 0.3 is 0 Å². The molecule has 0 aromatic heterocycles. The lowest BCUT2D eigenvalue weighted by Gasteiger charge is -2.26. The van der Waals surface area contributed by atoms with Crippen LogP contribution in [-0.2, 0) is 16.0 Å². The number of hydrogen-bond acceptors (Lipinski definition) is 3. The van der Waals surface area contributed by atoms with Gasteiger partial charge in [-0.25, -0.2) is 0 Å². The van der Waals surface area contributed by atoms with Crippen molar-refractivity contribution in [3.05, 3.63) is 65.7 Å². The third-order valence-corrected chi connectivity index (χ3v) is 4.46. The van der Waals surface area contributed by atoms with Crippen LogP contribution in [-0.4, -0.2) is 41.9 Å². The van der Waals surface area contributed by atoms with Gasteiger partial charge in [0.25, 0.3) is 0 Å². The van der Waals surface area contributed by atoms with Crippen LogP contribution in [0.5, 0.6) is 0 Å². The number of para-hydroxylation sites is 1. The largest absolute Gasteiger partial charge is 0.350 e. The number of carbonyl (C=O) groups is 2. The normalized spacial score (nSPS) is 12.5. The van der Waals surface area contributed by atoms with Crippen LogP contribution in [0.25, 0.3) is 0 Å². The molecule has 1 unspecified atom stereocenters. The minimum atomic E-state index is -0.435. The molecule has 2 rings (SSSR count). The van der Waals surface area contributed by atoms with Crippen molar-refractivity contribution in [1.29, 1.82) is 0 Å². The van der Waals surface area contributed by atoms with Gasteiger partial charge in [-0.15, -0.1) is 0 Å². The second-order valence-corrected chi connectivity index (χ2v) is 8.20. The molecule has 0 saturated heterocycles. The van der Waals surface area contributed by atoms with E-state index in [1.54, 1.807) is 18.9 Å². The molecule has 0 aliphatic carbocycles. The fourth-order valence-corrected chi connectivity index (χ4v) is 2.87. The third-order valence-electron chi connectivity index (χ3n) is 4.46. The van der Waals surface area contributed by atoms with E-state index in [4.69, 9.17) is 0 Å². The van der Waals surface area contributed by atoms with Crippen LogP contribution in [0.2, 0.25) is 0 Å². The topological polar surface area (TPSA) is 61.4 Å². The average Bonchev–Trinajstić information content (AvgIpc) is 2.61. The van der Waals surface area contributed by atoms with Gasteiger partial charge < -0.3 is 10.6 Å². The maximum absolute atomic E-state index is 12.7. The lowest BCUT2D eigenvalue weighted by molar-refractivity contribution is -0.125. The number of hydrogen-bond donors (Lipinski definition) is 2. The van der Waals surface area contributed by atoms with Gasteiger partial charge in [-0.1, -0.05) is 48.5 Å². The maximum atomic E-state index is 12.7. The molecular weight excluding hydrogens is 350 g/mol. The zero-order chi connectivity index (χ0) is 20.7. The summed E-state index contributed by atoms with van der Waals surface area (Å²) >= 11 is 0. The van der Waals surface area contributed by atoms with E-state index in [-0.39, 0.29) is 23.9 Å². The highest BCUT2D eigenvalue weighted by molar-refractivity contribution is 5.95. The zero-order valence-electron chi connectivity index (χ0n) is 17.5. The van der Waals surface area contributed by atoms with Crippen LogP contribution in [0.15, 0.2) is 54.6 Å². The monoisotopic (exact) mass is 381 g/mol. The Balaban J connectivity index is 2.01. The summed E-state index contributed by atoms with van der Waals surface area (Å²) in [6.45, 7) is 7.77. The molecule has 5 nitrogen and oxygen atoms in total. The molecule has 2 aromatic carbocycles. The number of anilines is 1. The number of nitrogens with zero attached hydrogens (tertiary/aromatic N) is 1. The van der Waals surface area contributed by atoms with E-state index in [1.807, 2.05) is 63.2 Å². The zero-order valence-corrected chi connectivity index (χ0v) is 17.5. The van der Waals surface area contributed by atoms with Crippen molar-refractivity contribution in [1.82, 2.24) is 10.2 Å². The van der Waals surface area contributed by atoms with Crippen molar-refractivity contribution in [2.75, 3.05) is 18.9 Å². The van der Waals surface area contributed by atoms with Gasteiger partial charge in [0.1, 0.15) is 0 Å². The van der Waals surface area contributed by atoms with Crippen LogP contribution in [0.4, 0.5) is 5.69 Å². The highest BCUT2D eigenvalue weighted by Crippen LogP contribution is 2.19. The molecule has 0 radical (unpaired) electrons. The highest BCUT2D eigenvalue weighted by atomic mass is 16.2. The number of likely N-dealkylation sites (N-methyl/N-ethyl adjacent to an activating group) is 1. The van der Waals surface area contributed by atoms with Crippen molar-refractivity contribution in [2.45, 2.75) is 45.7 Å². The predicted octanol–water partition coefficient (Wildman–Crippen LogP) is 3.45. The highest BCUT2D eigenvalue weighted by Gasteiger charge is 2.22. The van der Waals surface area contributed by atoms with E-state index >= 15 is 0 Å². The summed E-state index contributed by atoms with van der Waals surface area (Å²) in [4.78, 5) is 26.6. The smallest absolute Gasteiger partial charge is 0.241 e. The quantitative estimate of drug-likeness (QED) is 0.772. The van der Waals surface area contributed by atoms with Crippen molar-refractivity contribution in [2.24, 2.45) is 0 Å².